The monoisotopic (exact) mass is 274 g/mol. The molecule has 0 amide bonds. The van der Waals surface area contributed by atoms with Crippen LogP contribution in [0.15, 0.2) is 30.6 Å². The lowest BCUT2D eigenvalue weighted by Crippen LogP contribution is -2.09. The van der Waals surface area contributed by atoms with Gasteiger partial charge in [0.05, 0.1) is 12.1 Å². The SMILES string of the molecule is Cc1nccn1CCOc1cc(F)ccc1C#CCO. The molecule has 0 unspecified atom stereocenters. The molecule has 2 aromatic rings. The minimum Gasteiger partial charge on any atom is -0.490 e. The van der Waals surface area contributed by atoms with Crippen molar-refractivity contribution in [2.24, 2.45) is 0 Å². The Kier molecular flexibility index (Phi) is 4.75. The van der Waals surface area contributed by atoms with Gasteiger partial charge in [0.25, 0.3) is 0 Å². The molecule has 1 aromatic heterocycles. The summed E-state index contributed by atoms with van der Waals surface area (Å²) >= 11 is 0. The van der Waals surface area contributed by atoms with E-state index < -0.39 is 0 Å². The number of imidazole rings is 1. The zero-order chi connectivity index (χ0) is 14.4. The number of aliphatic hydroxyl groups excluding tert-OH is 1. The third kappa shape index (κ3) is 3.59. The van der Waals surface area contributed by atoms with Gasteiger partial charge < -0.3 is 14.4 Å². The molecule has 104 valence electrons. The zero-order valence-electron chi connectivity index (χ0n) is 11.1. The van der Waals surface area contributed by atoms with Crippen LogP contribution in [-0.4, -0.2) is 27.9 Å². The van der Waals surface area contributed by atoms with Crippen molar-refractivity contribution >= 4 is 0 Å². The van der Waals surface area contributed by atoms with Crippen LogP contribution in [0.1, 0.15) is 11.4 Å². The van der Waals surface area contributed by atoms with E-state index in [4.69, 9.17) is 9.84 Å². The van der Waals surface area contributed by atoms with Crippen molar-refractivity contribution in [1.29, 1.82) is 0 Å². The molecule has 2 rings (SSSR count). The summed E-state index contributed by atoms with van der Waals surface area (Å²) in [6.45, 7) is 2.66. The van der Waals surface area contributed by atoms with Gasteiger partial charge in [0.15, 0.2) is 0 Å². The summed E-state index contributed by atoms with van der Waals surface area (Å²) in [7, 11) is 0. The second-order valence-corrected chi connectivity index (χ2v) is 4.12. The van der Waals surface area contributed by atoms with E-state index in [9.17, 15) is 4.39 Å². The second kappa shape index (κ2) is 6.73. The molecule has 1 aromatic carbocycles. The molecule has 0 atom stereocenters. The molecule has 0 bridgehead atoms. The Morgan fingerprint density at radius 2 is 2.30 bits per heavy atom. The van der Waals surface area contributed by atoms with Crippen LogP contribution in [0.3, 0.4) is 0 Å². The van der Waals surface area contributed by atoms with Crippen LogP contribution in [0.25, 0.3) is 0 Å². The summed E-state index contributed by atoms with van der Waals surface area (Å²) in [6, 6.07) is 4.15. The van der Waals surface area contributed by atoms with Crippen molar-refractivity contribution in [2.75, 3.05) is 13.2 Å². The van der Waals surface area contributed by atoms with Crippen molar-refractivity contribution in [3.8, 4) is 17.6 Å². The number of aryl methyl sites for hydroxylation is 1. The molecule has 0 saturated carbocycles. The van der Waals surface area contributed by atoms with Gasteiger partial charge in [0, 0.05) is 18.5 Å². The van der Waals surface area contributed by atoms with Crippen molar-refractivity contribution in [1.82, 2.24) is 9.55 Å². The van der Waals surface area contributed by atoms with Gasteiger partial charge in [-0.15, -0.1) is 0 Å². The molecule has 20 heavy (non-hydrogen) atoms. The van der Waals surface area contributed by atoms with Crippen molar-refractivity contribution < 1.29 is 14.2 Å². The average molecular weight is 274 g/mol. The third-order valence-electron chi connectivity index (χ3n) is 2.76. The van der Waals surface area contributed by atoms with Gasteiger partial charge in [-0.2, -0.15) is 0 Å². The van der Waals surface area contributed by atoms with Crippen LogP contribution in [-0.2, 0) is 6.54 Å². The number of ether oxygens (including phenoxy) is 1. The van der Waals surface area contributed by atoms with Crippen molar-refractivity contribution in [2.45, 2.75) is 13.5 Å². The lowest BCUT2D eigenvalue weighted by Gasteiger charge is -2.10. The summed E-state index contributed by atoms with van der Waals surface area (Å²) in [5.41, 5.74) is 0.558. The Labute approximate surface area is 116 Å². The van der Waals surface area contributed by atoms with E-state index in [-0.39, 0.29) is 12.4 Å². The Hall–Kier alpha value is -2.32. The predicted octanol–water partition coefficient (Wildman–Crippen LogP) is 1.75. The van der Waals surface area contributed by atoms with E-state index in [1.807, 2.05) is 17.7 Å². The quantitative estimate of drug-likeness (QED) is 0.864. The van der Waals surface area contributed by atoms with Crippen LogP contribution in [0, 0.1) is 24.6 Å². The number of benzene rings is 1. The highest BCUT2D eigenvalue weighted by atomic mass is 19.1. The lowest BCUT2D eigenvalue weighted by atomic mass is 10.2. The fourth-order valence-electron chi connectivity index (χ4n) is 1.75. The van der Waals surface area contributed by atoms with E-state index in [1.54, 1.807) is 6.20 Å². The molecular formula is C15H15FN2O2. The van der Waals surface area contributed by atoms with Crippen LogP contribution in [0.2, 0.25) is 0 Å². The summed E-state index contributed by atoms with van der Waals surface area (Å²) in [5.74, 6) is 6.15. The smallest absolute Gasteiger partial charge is 0.137 e. The van der Waals surface area contributed by atoms with Gasteiger partial charge in [-0.25, -0.2) is 9.37 Å². The molecule has 0 spiro atoms. The minimum absolute atomic E-state index is 0.245. The third-order valence-corrected chi connectivity index (χ3v) is 2.76. The summed E-state index contributed by atoms with van der Waals surface area (Å²) in [5, 5.41) is 8.71. The number of rotatable bonds is 4. The summed E-state index contributed by atoms with van der Waals surface area (Å²) < 4.78 is 20.8. The van der Waals surface area contributed by atoms with Crippen LogP contribution < -0.4 is 4.74 Å². The topological polar surface area (TPSA) is 47.3 Å². The van der Waals surface area contributed by atoms with Crippen LogP contribution in [0.4, 0.5) is 4.39 Å². The maximum Gasteiger partial charge on any atom is 0.137 e. The molecule has 0 saturated heterocycles. The standard InChI is InChI=1S/C15H15FN2O2/c1-12-17-6-7-18(12)8-10-20-15-11-14(16)5-4-13(15)3-2-9-19/h4-7,11,19H,8-10H2,1H3. The first-order valence-electron chi connectivity index (χ1n) is 6.20. The van der Waals surface area contributed by atoms with Gasteiger partial charge in [-0.05, 0) is 19.1 Å². The number of hydrogen-bond donors (Lipinski definition) is 1. The molecule has 0 aliphatic heterocycles. The zero-order valence-corrected chi connectivity index (χ0v) is 11.1. The maximum absolute atomic E-state index is 13.2. The summed E-state index contributed by atoms with van der Waals surface area (Å²) in [4.78, 5) is 4.11. The molecule has 1 N–H and O–H groups in total. The molecule has 0 radical (unpaired) electrons. The van der Waals surface area contributed by atoms with Gasteiger partial charge in [-0.1, -0.05) is 11.8 Å². The normalized spacial score (nSPS) is 9.95. The van der Waals surface area contributed by atoms with Gasteiger partial charge >= 0.3 is 0 Å². The molecule has 1 heterocycles. The molecule has 4 nitrogen and oxygen atoms in total. The first-order chi connectivity index (χ1) is 9.70. The Bertz CT molecular complexity index is 641. The first-order valence-corrected chi connectivity index (χ1v) is 6.20. The van der Waals surface area contributed by atoms with Crippen molar-refractivity contribution in [3.63, 3.8) is 0 Å². The Morgan fingerprint density at radius 3 is 3.00 bits per heavy atom. The van der Waals surface area contributed by atoms with Crippen molar-refractivity contribution in [3.05, 3.63) is 47.8 Å². The number of nitrogens with zero attached hydrogens (tertiary/aromatic N) is 2. The van der Waals surface area contributed by atoms with Gasteiger partial charge in [0.2, 0.25) is 0 Å². The van der Waals surface area contributed by atoms with E-state index in [2.05, 4.69) is 16.8 Å². The molecule has 0 aliphatic rings. The first kappa shape index (κ1) is 14.1. The highest BCUT2D eigenvalue weighted by molar-refractivity contribution is 5.46. The van der Waals surface area contributed by atoms with E-state index >= 15 is 0 Å². The maximum atomic E-state index is 13.2. The van der Waals surface area contributed by atoms with E-state index in [0.29, 0.717) is 24.5 Å². The summed E-state index contributed by atoms with van der Waals surface area (Å²) in [6.07, 6.45) is 3.58. The number of halogens is 1. The molecule has 0 fully saturated rings. The second-order valence-electron chi connectivity index (χ2n) is 4.12. The lowest BCUT2D eigenvalue weighted by molar-refractivity contribution is 0.295. The minimum atomic E-state index is -0.381. The largest absolute Gasteiger partial charge is 0.490 e. The molecular weight excluding hydrogens is 259 g/mol. The highest BCUT2D eigenvalue weighted by Crippen LogP contribution is 2.19. The fourth-order valence-corrected chi connectivity index (χ4v) is 1.75. The van der Waals surface area contributed by atoms with E-state index in [0.717, 1.165) is 5.82 Å². The number of hydrogen-bond acceptors (Lipinski definition) is 3. The average Bonchev–Trinajstić information content (AvgIpc) is 2.84. The van der Waals surface area contributed by atoms with Gasteiger partial charge in [0.1, 0.15) is 30.6 Å². The Balaban J connectivity index is 2.04. The van der Waals surface area contributed by atoms with Crippen LogP contribution >= 0.6 is 0 Å². The fraction of sp³-hybridized carbons (Fsp3) is 0.267. The molecule has 5 heteroatoms. The number of aliphatic hydroxyl groups is 1. The highest BCUT2D eigenvalue weighted by Gasteiger charge is 2.04. The molecule has 0 aliphatic carbocycles. The van der Waals surface area contributed by atoms with E-state index in [1.165, 1.54) is 18.2 Å². The van der Waals surface area contributed by atoms with Gasteiger partial charge in [-0.3, -0.25) is 0 Å². The predicted molar refractivity (Wildman–Crippen MR) is 72.8 cm³/mol. The number of aromatic nitrogens is 2. The van der Waals surface area contributed by atoms with Crippen LogP contribution in [0.5, 0.6) is 5.75 Å². The Morgan fingerprint density at radius 1 is 1.45 bits per heavy atom.